The number of non-ortho nitro benzene ring substituents is 1. The highest BCUT2D eigenvalue weighted by Gasteiger charge is 2.22. The van der Waals surface area contributed by atoms with E-state index in [1.165, 1.54) is 12.1 Å². The summed E-state index contributed by atoms with van der Waals surface area (Å²) in [5, 5.41) is 11.4. The lowest BCUT2D eigenvalue weighted by molar-refractivity contribution is -0.384. The largest absolute Gasteiger partial charge is 0.455 e. The van der Waals surface area contributed by atoms with Gasteiger partial charge in [-0.05, 0) is 32.9 Å². The molecule has 1 aromatic heterocycles. The summed E-state index contributed by atoms with van der Waals surface area (Å²) in [5.41, 5.74) is 0.533. The number of nitro benzene ring substituents is 1. The van der Waals surface area contributed by atoms with Crippen LogP contribution in [0.15, 0.2) is 24.3 Å². The smallest absolute Gasteiger partial charge is 0.355 e. The molecule has 2 aromatic rings. The minimum Gasteiger partial charge on any atom is -0.455 e. The molecule has 0 aliphatic carbocycles. The summed E-state index contributed by atoms with van der Waals surface area (Å²) in [4.78, 5) is 22.4. The van der Waals surface area contributed by atoms with E-state index in [4.69, 9.17) is 4.74 Å². The molecule has 2 rings (SSSR count). The van der Waals surface area contributed by atoms with Crippen LogP contribution in [0.3, 0.4) is 0 Å². The molecule has 1 heterocycles. The first-order valence-corrected chi connectivity index (χ1v) is 6.16. The molecule has 0 spiro atoms. The van der Waals surface area contributed by atoms with Crippen molar-refractivity contribution in [3.63, 3.8) is 0 Å². The minimum absolute atomic E-state index is 0.00108. The van der Waals surface area contributed by atoms with Crippen molar-refractivity contribution in [1.29, 1.82) is 0 Å². The second kappa shape index (κ2) is 4.63. The number of benzene rings is 1. The van der Waals surface area contributed by atoms with Crippen LogP contribution in [0.1, 0.15) is 31.3 Å². The first kappa shape index (κ1) is 14.0. The standard InChI is InChI=1S/C14H16N2O4/c1-14(2,3)20-13(17)12-8-9-7-10(16(18)19)5-6-11(9)15(12)4/h5-8H,1-4H3. The van der Waals surface area contributed by atoms with Crippen LogP contribution in [0.25, 0.3) is 10.9 Å². The fourth-order valence-electron chi connectivity index (χ4n) is 1.98. The highest BCUT2D eigenvalue weighted by atomic mass is 16.6. The predicted molar refractivity (Wildman–Crippen MR) is 74.7 cm³/mol. The van der Waals surface area contributed by atoms with Crippen molar-refractivity contribution in [1.82, 2.24) is 4.57 Å². The third kappa shape index (κ3) is 2.64. The average molecular weight is 276 g/mol. The summed E-state index contributed by atoms with van der Waals surface area (Å²) in [6, 6.07) is 6.10. The van der Waals surface area contributed by atoms with Crippen LogP contribution >= 0.6 is 0 Å². The van der Waals surface area contributed by atoms with Crippen LogP contribution in [0.4, 0.5) is 5.69 Å². The normalized spacial score (nSPS) is 11.6. The molecule has 0 atom stereocenters. The van der Waals surface area contributed by atoms with Crippen molar-refractivity contribution in [3.8, 4) is 0 Å². The number of fused-ring (bicyclic) bond motifs is 1. The first-order valence-electron chi connectivity index (χ1n) is 6.16. The van der Waals surface area contributed by atoms with Gasteiger partial charge in [-0.1, -0.05) is 0 Å². The van der Waals surface area contributed by atoms with Gasteiger partial charge in [0.2, 0.25) is 0 Å². The van der Waals surface area contributed by atoms with Gasteiger partial charge in [-0.2, -0.15) is 0 Å². The molecule has 6 nitrogen and oxygen atoms in total. The number of carbonyl (C=O) groups is 1. The zero-order valence-electron chi connectivity index (χ0n) is 11.8. The summed E-state index contributed by atoms with van der Waals surface area (Å²) in [5.74, 6) is -0.446. The van der Waals surface area contributed by atoms with Gasteiger partial charge in [0, 0.05) is 30.1 Å². The molecular weight excluding hydrogens is 260 g/mol. The van der Waals surface area contributed by atoms with Crippen LogP contribution in [-0.2, 0) is 11.8 Å². The van der Waals surface area contributed by atoms with Crippen LogP contribution in [0, 0.1) is 10.1 Å². The fourth-order valence-corrected chi connectivity index (χ4v) is 1.98. The van der Waals surface area contributed by atoms with Gasteiger partial charge in [0.05, 0.1) is 4.92 Å². The summed E-state index contributed by atoms with van der Waals surface area (Å²) >= 11 is 0. The number of rotatable bonds is 2. The lowest BCUT2D eigenvalue weighted by Gasteiger charge is -2.19. The van der Waals surface area contributed by atoms with Gasteiger partial charge in [0.25, 0.3) is 5.69 Å². The van der Waals surface area contributed by atoms with Gasteiger partial charge in [-0.15, -0.1) is 0 Å². The molecule has 20 heavy (non-hydrogen) atoms. The lowest BCUT2D eigenvalue weighted by atomic mass is 10.2. The Morgan fingerprint density at radius 1 is 1.30 bits per heavy atom. The monoisotopic (exact) mass is 276 g/mol. The fraction of sp³-hybridized carbons (Fsp3) is 0.357. The Kier molecular flexibility index (Phi) is 3.25. The molecule has 0 N–H and O–H groups in total. The number of hydrogen-bond donors (Lipinski definition) is 0. The Bertz CT molecular complexity index is 695. The maximum Gasteiger partial charge on any atom is 0.355 e. The van der Waals surface area contributed by atoms with E-state index in [-0.39, 0.29) is 5.69 Å². The second-order valence-electron chi connectivity index (χ2n) is 5.59. The van der Waals surface area contributed by atoms with Crippen LogP contribution in [0.2, 0.25) is 0 Å². The molecule has 0 saturated heterocycles. The topological polar surface area (TPSA) is 74.4 Å². The third-order valence-electron chi connectivity index (χ3n) is 2.84. The van der Waals surface area contributed by atoms with Crippen molar-refractivity contribution < 1.29 is 14.5 Å². The quantitative estimate of drug-likeness (QED) is 0.480. The Hall–Kier alpha value is -2.37. The number of aromatic nitrogens is 1. The first-order chi connectivity index (χ1) is 9.19. The van der Waals surface area contributed by atoms with Crippen LogP contribution in [0.5, 0.6) is 0 Å². The van der Waals surface area contributed by atoms with Gasteiger partial charge in [0.15, 0.2) is 0 Å². The van der Waals surface area contributed by atoms with E-state index >= 15 is 0 Å². The number of nitrogens with zero attached hydrogens (tertiary/aromatic N) is 2. The van der Waals surface area contributed by atoms with Gasteiger partial charge >= 0.3 is 5.97 Å². The molecule has 0 aliphatic rings. The Balaban J connectivity index is 2.48. The van der Waals surface area contributed by atoms with Gasteiger partial charge < -0.3 is 9.30 Å². The summed E-state index contributed by atoms with van der Waals surface area (Å²) < 4.78 is 6.99. The highest BCUT2D eigenvalue weighted by Crippen LogP contribution is 2.25. The second-order valence-corrected chi connectivity index (χ2v) is 5.59. The summed E-state index contributed by atoms with van der Waals surface area (Å²) in [7, 11) is 1.73. The van der Waals surface area contributed by atoms with Crippen LogP contribution < -0.4 is 0 Å². The number of nitro groups is 1. The molecule has 0 fully saturated rings. The maximum atomic E-state index is 12.1. The van der Waals surface area contributed by atoms with Crippen molar-refractivity contribution in [2.45, 2.75) is 26.4 Å². The van der Waals surface area contributed by atoms with Gasteiger partial charge in [0.1, 0.15) is 11.3 Å². The zero-order chi connectivity index (χ0) is 15.1. The SMILES string of the molecule is Cn1c(C(=O)OC(C)(C)C)cc2cc([N+](=O)[O-])ccc21. The Morgan fingerprint density at radius 3 is 2.50 bits per heavy atom. The number of hydrogen-bond acceptors (Lipinski definition) is 4. The molecule has 6 heteroatoms. The van der Waals surface area contributed by atoms with Gasteiger partial charge in [-0.3, -0.25) is 10.1 Å². The maximum absolute atomic E-state index is 12.1. The number of aryl methyl sites for hydroxylation is 1. The molecule has 1 aromatic carbocycles. The molecule has 0 radical (unpaired) electrons. The summed E-state index contributed by atoms with van der Waals surface area (Å²) in [6.07, 6.45) is 0. The van der Waals surface area contributed by atoms with Crippen molar-refractivity contribution in [3.05, 3.63) is 40.1 Å². The molecule has 0 amide bonds. The van der Waals surface area contributed by atoms with E-state index in [1.54, 1.807) is 44.5 Å². The minimum atomic E-state index is -0.584. The van der Waals surface area contributed by atoms with E-state index in [1.807, 2.05) is 0 Å². The number of esters is 1. The van der Waals surface area contributed by atoms with Crippen molar-refractivity contribution in [2.24, 2.45) is 7.05 Å². The van der Waals surface area contributed by atoms with E-state index in [0.29, 0.717) is 11.1 Å². The molecule has 0 bridgehead atoms. The zero-order valence-corrected chi connectivity index (χ0v) is 11.8. The molecule has 106 valence electrons. The predicted octanol–water partition coefficient (Wildman–Crippen LogP) is 3.04. The van der Waals surface area contributed by atoms with E-state index in [0.717, 1.165) is 5.52 Å². The van der Waals surface area contributed by atoms with Crippen molar-refractivity contribution in [2.75, 3.05) is 0 Å². The lowest BCUT2D eigenvalue weighted by Crippen LogP contribution is -2.25. The summed E-state index contributed by atoms with van der Waals surface area (Å²) in [6.45, 7) is 5.37. The van der Waals surface area contributed by atoms with E-state index in [9.17, 15) is 14.9 Å². The Labute approximate surface area is 116 Å². The molecule has 0 aliphatic heterocycles. The Morgan fingerprint density at radius 2 is 1.95 bits per heavy atom. The van der Waals surface area contributed by atoms with Crippen molar-refractivity contribution >= 4 is 22.6 Å². The van der Waals surface area contributed by atoms with E-state index < -0.39 is 16.5 Å². The van der Waals surface area contributed by atoms with E-state index in [2.05, 4.69) is 0 Å². The number of ether oxygens (including phenoxy) is 1. The molecular formula is C14H16N2O4. The number of carbonyl (C=O) groups excluding carboxylic acids is 1. The van der Waals surface area contributed by atoms with Gasteiger partial charge in [-0.25, -0.2) is 4.79 Å². The molecule has 0 saturated carbocycles. The highest BCUT2D eigenvalue weighted by molar-refractivity contribution is 5.96. The third-order valence-corrected chi connectivity index (χ3v) is 2.84. The van der Waals surface area contributed by atoms with Crippen LogP contribution in [-0.4, -0.2) is 21.1 Å². The average Bonchev–Trinajstić information content (AvgIpc) is 2.64. The molecule has 0 unspecified atom stereocenters.